The van der Waals surface area contributed by atoms with E-state index in [0.717, 1.165) is 4.90 Å². The van der Waals surface area contributed by atoms with Crippen LogP contribution in [-0.4, -0.2) is 17.6 Å². The first-order chi connectivity index (χ1) is 12.5. The number of amides is 2. The van der Waals surface area contributed by atoms with Gasteiger partial charge in [0.05, 0.1) is 0 Å². The molecule has 2 rings (SSSR count). The molecule has 0 saturated carbocycles. The van der Waals surface area contributed by atoms with Gasteiger partial charge in [-0.15, -0.1) is 0 Å². The molecule has 7 heteroatoms. The average Bonchev–Trinajstić information content (AvgIpc) is 2.51. The number of hydrogen-bond donors (Lipinski definition) is 3. The van der Waals surface area contributed by atoms with Gasteiger partial charge < -0.3 is 16.2 Å². The number of carbonyl (C=O) groups is 2. The maximum atomic E-state index is 10.0. The zero-order valence-electron chi connectivity index (χ0n) is 16.7. The summed E-state index contributed by atoms with van der Waals surface area (Å²) in [6.45, 7) is 9.21. The summed E-state index contributed by atoms with van der Waals surface area (Å²) < 4.78 is 4.58. The molecule has 6 nitrogen and oxygen atoms in total. The number of rotatable bonds is 3. The molecule has 0 atom stereocenters. The van der Waals surface area contributed by atoms with E-state index in [0.29, 0.717) is 12.3 Å². The van der Waals surface area contributed by atoms with Gasteiger partial charge in [-0.05, 0) is 55.5 Å². The molecule has 2 aromatic rings. The molecule has 0 radical (unpaired) electrons. The Morgan fingerprint density at radius 2 is 1.59 bits per heavy atom. The number of benzene rings is 2. The molecule has 0 aliphatic carbocycles. The second-order valence-electron chi connectivity index (χ2n) is 7.19. The Morgan fingerprint density at radius 3 is 1.96 bits per heavy atom. The lowest BCUT2D eigenvalue weighted by Gasteiger charge is -2.16. The normalized spacial score (nSPS) is 10.3. The zero-order chi connectivity index (χ0) is 21.0. The van der Waals surface area contributed by atoms with Crippen molar-refractivity contribution >= 4 is 34.7 Å². The monoisotopic (exact) mass is 393 g/mol. The van der Waals surface area contributed by atoms with Crippen molar-refractivity contribution in [2.24, 2.45) is 22.5 Å². The lowest BCUT2D eigenvalue weighted by atomic mass is 10.1. The summed E-state index contributed by atoms with van der Waals surface area (Å²) in [5, 5.41) is 8.01. The maximum Gasteiger partial charge on any atom is 0.405 e. The number of nitrogens with two attached hydrogens (primary N) is 3. The number of ether oxygens (including phenoxy) is 1. The van der Waals surface area contributed by atoms with E-state index in [-0.39, 0.29) is 5.91 Å². The summed E-state index contributed by atoms with van der Waals surface area (Å²) in [5.74, 6) is 0.188. The van der Waals surface area contributed by atoms with Gasteiger partial charge in [0, 0.05) is 11.3 Å². The predicted octanol–water partition coefficient (Wildman–Crippen LogP) is 4.20. The van der Waals surface area contributed by atoms with Crippen molar-refractivity contribution in [2.75, 3.05) is 0 Å². The molecule has 2 aromatic carbocycles. The number of carbonyl (C=O) groups excluding carboxylic acids is 2. The quantitative estimate of drug-likeness (QED) is 0.675. The first kappa shape index (κ1) is 24.8. The molecule has 0 bridgehead atoms. The summed E-state index contributed by atoms with van der Waals surface area (Å²) in [6, 6.07) is 14.4. The van der Waals surface area contributed by atoms with Crippen molar-refractivity contribution < 1.29 is 14.3 Å². The lowest BCUT2D eigenvalue weighted by molar-refractivity contribution is -0.118. The minimum atomic E-state index is -0.725. The highest BCUT2D eigenvalue weighted by molar-refractivity contribution is 7.97. The molecule has 0 aromatic heterocycles. The molecule has 0 spiro atoms. The van der Waals surface area contributed by atoms with Gasteiger partial charge in [-0.25, -0.2) is 4.79 Å². The lowest BCUT2D eigenvalue weighted by Crippen LogP contribution is -2.27. The van der Waals surface area contributed by atoms with Gasteiger partial charge in [-0.1, -0.05) is 50.2 Å². The molecular weight excluding hydrogens is 362 g/mol. The average molecular weight is 394 g/mol. The topological polar surface area (TPSA) is 121 Å². The third-order valence-corrected chi connectivity index (χ3v) is 3.50. The van der Waals surface area contributed by atoms with Crippen LogP contribution in [0.4, 0.5) is 4.79 Å². The minimum absolute atomic E-state index is 0.213. The minimum Gasteiger partial charge on any atom is -0.444 e. The van der Waals surface area contributed by atoms with Gasteiger partial charge in [0.25, 0.3) is 0 Å². The molecule has 0 aliphatic heterocycles. The first-order valence-electron chi connectivity index (χ1n) is 8.57. The van der Waals surface area contributed by atoms with Gasteiger partial charge in [-0.3, -0.25) is 9.93 Å². The van der Waals surface area contributed by atoms with E-state index >= 15 is 0 Å². The van der Waals surface area contributed by atoms with Crippen LogP contribution in [-0.2, 0) is 9.53 Å². The summed E-state index contributed by atoms with van der Waals surface area (Å²) in [5.41, 5.74) is 9.12. The summed E-state index contributed by atoms with van der Waals surface area (Å²) in [7, 11) is 0. The Hall–Kier alpha value is -2.25. The fraction of sp³-hybridized carbons (Fsp3) is 0.400. The highest BCUT2D eigenvalue weighted by Gasteiger charge is 2.12. The summed E-state index contributed by atoms with van der Waals surface area (Å²) in [4.78, 5) is 21.2. The summed E-state index contributed by atoms with van der Waals surface area (Å²) >= 11 is 1.30. The Balaban J connectivity index is 0.000000399. The van der Waals surface area contributed by atoms with Crippen LogP contribution in [0.15, 0.2) is 47.4 Å². The van der Waals surface area contributed by atoms with Gasteiger partial charge in [0.1, 0.15) is 5.60 Å². The molecular formula is C20H31N3O3S. The van der Waals surface area contributed by atoms with Crippen molar-refractivity contribution in [1.82, 2.24) is 0 Å². The van der Waals surface area contributed by atoms with E-state index in [1.807, 2.05) is 38.1 Å². The smallest absolute Gasteiger partial charge is 0.405 e. The highest BCUT2D eigenvalue weighted by Crippen LogP contribution is 2.23. The molecule has 0 fully saturated rings. The van der Waals surface area contributed by atoms with Gasteiger partial charge >= 0.3 is 6.09 Å². The van der Waals surface area contributed by atoms with E-state index in [4.69, 9.17) is 16.6 Å². The molecule has 0 heterocycles. The largest absolute Gasteiger partial charge is 0.444 e. The van der Waals surface area contributed by atoms with Crippen LogP contribution in [0.5, 0.6) is 0 Å². The fourth-order valence-electron chi connectivity index (χ4n) is 2.00. The Labute approximate surface area is 165 Å². The number of fused-ring (bicyclic) bond motifs is 1. The van der Waals surface area contributed by atoms with Crippen molar-refractivity contribution in [3.63, 3.8) is 0 Å². The third-order valence-electron chi connectivity index (χ3n) is 2.89. The van der Waals surface area contributed by atoms with Gasteiger partial charge in [0.15, 0.2) is 0 Å². The summed E-state index contributed by atoms with van der Waals surface area (Å²) in [6.07, 6.45) is -0.225. The second-order valence-corrected chi connectivity index (χ2v) is 7.87. The third kappa shape index (κ3) is 12.7. The van der Waals surface area contributed by atoms with Gasteiger partial charge in [0.2, 0.25) is 5.91 Å². The van der Waals surface area contributed by atoms with E-state index < -0.39 is 11.7 Å². The highest BCUT2D eigenvalue weighted by atomic mass is 32.2. The van der Waals surface area contributed by atoms with E-state index in [1.54, 1.807) is 20.8 Å². The number of primary amides is 2. The van der Waals surface area contributed by atoms with Crippen LogP contribution in [0.25, 0.3) is 10.8 Å². The van der Waals surface area contributed by atoms with Crippen LogP contribution in [0, 0.1) is 5.92 Å². The van der Waals surface area contributed by atoms with Crippen molar-refractivity contribution in [2.45, 2.75) is 51.5 Å². The standard InChI is InChI=1S/C10H9NS.C5H11NO2.C5H11NO/c11-12-10-7-3-5-8-4-1-2-6-9(8)10;1-5(2,3)8-4(6)7;1-4(2)3-5(6)7/h1-7H,11H2;1-3H3,(H2,6,7);4H,3H2,1-2H3,(H2,6,7). The maximum absolute atomic E-state index is 10.0. The van der Waals surface area contributed by atoms with Crippen LogP contribution in [0.2, 0.25) is 0 Å². The Kier molecular flexibility index (Phi) is 11.2. The second kappa shape index (κ2) is 12.2. The van der Waals surface area contributed by atoms with Crippen molar-refractivity contribution in [3.05, 3.63) is 42.5 Å². The van der Waals surface area contributed by atoms with Crippen LogP contribution >= 0.6 is 11.9 Å². The molecule has 2 amide bonds. The molecule has 150 valence electrons. The zero-order valence-corrected chi connectivity index (χ0v) is 17.5. The van der Waals surface area contributed by atoms with Crippen LogP contribution < -0.4 is 16.6 Å². The molecule has 0 saturated heterocycles. The van der Waals surface area contributed by atoms with Crippen LogP contribution in [0.3, 0.4) is 0 Å². The van der Waals surface area contributed by atoms with Crippen molar-refractivity contribution in [3.8, 4) is 0 Å². The van der Waals surface area contributed by atoms with Gasteiger partial charge in [-0.2, -0.15) is 0 Å². The Bertz CT molecular complexity index is 722. The molecule has 0 aliphatic rings. The van der Waals surface area contributed by atoms with Crippen molar-refractivity contribution in [1.29, 1.82) is 0 Å². The molecule has 6 N–H and O–H groups in total. The van der Waals surface area contributed by atoms with E-state index in [1.165, 1.54) is 22.7 Å². The molecule has 0 unspecified atom stereocenters. The predicted molar refractivity (Wildman–Crippen MR) is 113 cm³/mol. The van der Waals surface area contributed by atoms with Crippen LogP contribution in [0.1, 0.15) is 41.0 Å². The fourth-order valence-corrected chi connectivity index (χ4v) is 2.47. The first-order valence-corrected chi connectivity index (χ1v) is 9.45. The SMILES string of the molecule is CC(C)(C)OC(N)=O.CC(C)CC(N)=O.NSc1cccc2ccccc12. The van der Waals surface area contributed by atoms with E-state index in [9.17, 15) is 9.59 Å². The van der Waals surface area contributed by atoms with E-state index in [2.05, 4.69) is 22.9 Å². The molecule has 27 heavy (non-hydrogen) atoms. The Morgan fingerprint density at radius 1 is 1.04 bits per heavy atom. The number of hydrogen-bond acceptors (Lipinski definition) is 5.